The van der Waals surface area contributed by atoms with E-state index in [1.807, 2.05) is 0 Å². The minimum absolute atomic E-state index is 0.0405. The SMILES string of the molecule is O=C1C[C@@H]2C[C@H](O)[C@@H](Br)[C@H]12. The van der Waals surface area contributed by atoms with Crippen molar-refractivity contribution in [2.45, 2.75) is 23.8 Å². The van der Waals surface area contributed by atoms with E-state index in [1.54, 1.807) is 0 Å². The average molecular weight is 205 g/mol. The Morgan fingerprint density at radius 1 is 1.60 bits per heavy atom. The lowest BCUT2D eigenvalue weighted by Crippen LogP contribution is -2.37. The fraction of sp³-hybridized carbons (Fsp3) is 0.857. The summed E-state index contributed by atoms with van der Waals surface area (Å²) in [5, 5.41) is 9.30. The van der Waals surface area contributed by atoms with Crippen LogP contribution in [0.1, 0.15) is 12.8 Å². The van der Waals surface area contributed by atoms with Crippen LogP contribution in [0.4, 0.5) is 0 Å². The van der Waals surface area contributed by atoms with Crippen LogP contribution in [-0.4, -0.2) is 21.8 Å². The van der Waals surface area contributed by atoms with Crippen molar-refractivity contribution in [1.82, 2.24) is 0 Å². The minimum Gasteiger partial charge on any atom is -0.392 e. The maximum absolute atomic E-state index is 10.9. The summed E-state index contributed by atoms with van der Waals surface area (Å²) in [5.74, 6) is 0.935. The Morgan fingerprint density at radius 3 is 2.70 bits per heavy atom. The number of aliphatic hydroxyl groups is 1. The zero-order valence-electron chi connectivity index (χ0n) is 5.46. The summed E-state index contributed by atoms with van der Waals surface area (Å²) in [4.78, 5) is 11.0. The van der Waals surface area contributed by atoms with Gasteiger partial charge in [0.25, 0.3) is 0 Å². The van der Waals surface area contributed by atoms with Crippen LogP contribution in [0.25, 0.3) is 0 Å². The summed E-state index contributed by atoms with van der Waals surface area (Å²) in [6.45, 7) is 0. The predicted octanol–water partition coefficient (Wildman–Crippen LogP) is 0.720. The van der Waals surface area contributed by atoms with Crippen molar-refractivity contribution in [3.05, 3.63) is 0 Å². The van der Waals surface area contributed by atoms with Crippen LogP contribution in [-0.2, 0) is 4.79 Å². The van der Waals surface area contributed by atoms with Crippen LogP contribution in [0.5, 0.6) is 0 Å². The average Bonchev–Trinajstić information content (AvgIpc) is 2.05. The van der Waals surface area contributed by atoms with E-state index >= 15 is 0 Å². The van der Waals surface area contributed by atoms with Crippen LogP contribution in [0.2, 0.25) is 0 Å². The number of hydrogen-bond donors (Lipinski definition) is 1. The second-order valence-corrected chi connectivity index (χ2v) is 4.26. The zero-order chi connectivity index (χ0) is 7.30. The first kappa shape index (κ1) is 6.80. The maximum atomic E-state index is 10.9. The van der Waals surface area contributed by atoms with E-state index in [4.69, 9.17) is 0 Å². The first-order chi connectivity index (χ1) is 4.70. The van der Waals surface area contributed by atoms with Gasteiger partial charge in [-0.15, -0.1) is 0 Å². The van der Waals surface area contributed by atoms with Crippen molar-refractivity contribution in [3.8, 4) is 0 Å². The van der Waals surface area contributed by atoms with E-state index in [9.17, 15) is 9.90 Å². The summed E-state index contributed by atoms with van der Waals surface area (Å²) in [6.07, 6.45) is 1.22. The van der Waals surface area contributed by atoms with Gasteiger partial charge < -0.3 is 5.11 Å². The van der Waals surface area contributed by atoms with Gasteiger partial charge in [0.2, 0.25) is 0 Å². The van der Waals surface area contributed by atoms with Gasteiger partial charge in [-0.3, -0.25) is 4.79 Å². The number of ketones is 1. The van der Waals surface area contributed by atoms with Crippen LogP contribution in [0.3, 0.4) is 0 Å². The van der Waals surface area contributed by atoms with Crippen LogP contribution in [0.15, 0.2) is 0 Å². The number of hydrogen-bond acceptors (Lipinski definition) is 2. The van der Waals surface area contributed by atoms with Crippen molar-refractivity contribution in [2.24, 2.45) is 11.8 Å². The number of alkyl halides is 1. The summed E-state index contributed by atoms with van der Waals surface area (Å²) < 4.78 is 0. The van der Waals surface area contributed by atoms with Crippen molar-refractivity contribution in [2.75, 3.05) is 0 Å². The number of aliphatic hydroxyl groups excluding tert-OH is 1. The van der Waals surface area contributed by atoms with Crippen molar-refractivity contribution in [1.29, 1.82) is 0 Å². The Kier molecular flexibility index (Phi) is 1.39. The summed E-state index contributed by atoms with van der Waals surface area (Å²) in [5.41, 5.74) is 0. The predicted molar refractivity (Wildman–Crippen MR) is 39.9 cm³/mol. The van der Waals surface area contributed by atoms with Crippen molar-refractivity contribution in [3.63, 3.8) is 0 Å². The minimum atomic E-state index is -0.290. The standard InChI is InChI=1S/C7H9BrO2/c8-7-5(10)2-3-1-4(9)6(3)7/h3,5-7,10H,1-2H2/t3-,5+,6+,7-/m1/s1. The molecule has 2 aliphatic carbocycles. The molecule has 10 heavy (non-hydrogen) atoms. The van der Waals surface area contributed by atoms with Crippen LogP contribution < -0.4 is 0 Å². The molecular weight excluding hydrogens is 196 g/mol. The lowest BCUT2D eigenvalue weighted by atomic mass is 9.75. The van der Waals surface area contributed by atoms with Gasteiger partial charge in [0, 0.05) is 12.3 Å². The largest absolute Gasteiger partial charge is 0.392 e. The molecule has 0 heterocycles. The molecule has 4 atom stereocenters. The summed E-state index contributed by atoms with van der Waals surface area (Å²) >= 11 is 3.33. The van der Waals surface area contributed by atoms with Gasteiger partial charge in [0.05, 0.1) is 10.9 Å². The normalized spacial score (nSPS) is 52.4. The quantitative estimate of drug-likeness (QED) is 0.591. The van der Waals surface area contributed by atoms with Gasteiger partial charge in [0.1, 0.15) is 5.78 Å². The molecule has 2 nitrogen and oxygen atoms in total. The van der Waals surface area contributed by atoms with Gasteiger partial charge in [-0.1, -0.05) is 15.9 Å². The van der Waals surface area contributed by atoms with Gasteiger partial charge >= 0.3 is 0 Å². The lowest BCUT2D eigenvalue weighted by Gasteiger charge is -2.29. The highest BCUT2D eigenvalue weighted by Gasteiger charge is 2.52. The Balaban J connectivity index is 2.15. The van der Waals surface area contributed by atoms with E-state index in [2.05, 4.69) is 15.9 Å². The van der Waals surface area contributed by atoms with Crippen molar-refractivity contribution >= 4 is 21.7 Å². The number of halogens is 1. The molecule has 0 aliphatic heterocycles. The van der Waals surface area contributed by atoms with E-state index in [0.717, 1.165) is 6.42 Å². The smallest absolute Gasteiger partial charge is 0.137 e. The molecule has 56 valence electrons. The van der Waals surface area contributed by atoms with Crippen LogP contribution in [0, 0.1) is 11.8 Å². The van der Waals surface area contributed by atoms with Gasteiger partial charge in [-0.2, -0.15) is 0 Å². The number of Topliss-reactive ketones (excluding diaryl/α,β-unsaturated/α-hetero) is 1. The van der Waals surface area contributed by atoms with Gasteiger partial charge in [-0.05, 0) is 12.3 Å². The Bertz CT molecular complexity index is 180. The molecule has 2 rings (SSSR count). The van der Waals surface area contributed by atoms with E-state index in [-0.39, 0.29) is 16.8 Å². The highest BCUT2D eigenvalue weighted by atomic mass is 79.9. The molecule has 0 unspecified atom stereocenters. The molecule has 2 aliphatic rings. The molecule has 0 amide bonds. The number of rotatable bonds is 0. The van der Waals surface area contributed by atoms with Gasteiger partial charge in [-0.25, -0.2) is 0 Å². The number of carbonyl (C=O) groups excluding carboxylic acids is 1. The molecule has 0 spiro atoms. The molecule has 0 aromatic rings. The third kappa shape index (κ3) is 0.705. The molecule has 3 heteroatoms. The Hall–Kier alpha value is 0.110. The third-order valence-corrected chi connectivity index (χ3v) is 3.78. The summed E-state index contributed by atoms with van der Waals surface area (Å²) in [7, 11) is 0. The van der Waals surface area contributed by atoms with E-state index < -0.39 is 0 Å². The first-order valence-electron chi connectivity index (χ1n) is 3.55. The number of carbonyl (C=O) groups is 1. The first-order valence-corrected chi connectivity index (χ1v) is 4.46. The van der Waals surface area contributed by atoms with E-state index in [0.29, 0.717) is 18.1 Å². The topological polar surface area (TPSA) is 37.3 Å². The molecular formula is C7H9BrO2. The Labute approximate surface area is 67.7 Å². The number of fused-ring (bicyclic) bond motifs is 1. The Morgan fingerprint density at radius 2 is 2.30 bits per heavy atom. The molecule has 2 fully saturated rings. The second kappa shape index (κ2) is 2.05. The highest BCUT2D eigenvalue weighted by molar-refractivity contribution is 9.09. The second-order valence-electron chi connectivity index (χ2n) is 3.20. The molecule has 0 aromatic carbocycles. The van der Waals surface area contributed by atoms with Crippen molar-refractivity contribution < 1.29 is 9.90 Å². The van der Waals surface area contributed by atoms with E-state index in [1.165, 1.54) is 0 Å². The maximum Gasteiger partial charge on any atom is 0.137 e. The van der Waals surface area contributed by atoms with Crippen LogP contribution >= 0.6 is 15.9 Å². The fourth-order valence-electron chi connectivity index (χ4n) is 1.97. The van der Waals surface area contributed by atoms with Gasteiger partial charge in [0.15, 0.2) is 0 Å². The molecule has 2 saturated carbocycles. The molecule has 1 N–H and O–H groups in total. The highest BCUT2D eigenvalue weighted by Crippen LogP contribution is 2.47. The molecule has 0 saturated heterocycles. The molecule has 0 bridgehead atoms. The molecule has 0 aromatic heterocycles. The third-order valence-electron chi connectivity index (χ3n) is 2.60. The lowest BCUT2D eigenvalue weighted by molar-refractivity contribution is -0.132. The monoisotopic (exact) mass is 204 g/mol. The fourth-order valence-corrected chi connectivity index (χ4v) is 2.91. The molecule has 0 radical (unpaired) electrons. The zero-order valence-corrected chi connectivity index (χ0v) is 7.04. The summed E-state index contributed by atoms with van der Waals surface area (Å²) in [6, 6.07) is 0.